The average Bonchev–Trinajstić information content (AvgIpc) is 3.34. The normalized spacial score (nSPS) is 18.4. The van der Waals surface area contributed by atoms with Crippen LogP contribution in [0.5, 0.6) is 5.75 Å². The van der Waals surface area contributed by atoms with Gasteiger partial charge in [0.1, 0.15) is 11.6 Å². The van der Waals surface area contributed by atoms with Gasteiger partial charge in [0, 0.05) is 42.4 Å². The highest BCUT2D eigenvalue weighted by molar-refractivity contribution is 5.38. The molecule has 1 fully saturated rings. The van der Waals surface area contributed by atoms with Crippen molar-refractivity contribution in [3.05, 3.63) is 60.4 Å². The van der Waals surface area contributed by atoms with E-state index in [1.807, 2.05) is 30.7 Å². The largest absolute Gasteiger partial charge is 0.497 e. The number of aromatic nitrogens is 4. The lowest BCUT2D eigenvalue weighted by atomic mass is 9.95. The van der Waals surface area contributed by atoms with Gasteiger partial charge in [0.05, 0.1) is 13.7 Å². The number of aromatic amines is 1. The van der Waals surface area contributed by atoms with Crippen LogP contribution in [-0.4, -0.2) is 44.8 Å². The standard InChI is InChI=1S/C19H23N5O/c1-25-17-6-4-16(5-7-17)24-12-10-20-19(24)14-23-11-2-3-15(13-23)18-8-9-21-22-18/h4-10,12,15H,2-3,11,13-14H2,1H3,(H,21,22). The highest BCUT2D eigenvalue weighted by Gasteiger charge is 2.23. The summed E-state index contributed by atoms with van der Waals surface area (Å²) in [4.78, 5) is 7.07. The molecule has 0 amide bonds. The van der Waals surface area contributed by atoms with Crippen molar-refractivity contribution in [3.8, 4) is 11.4 Å². The highest BCUT2D eigenvalue weighted by atomic mass is 16.5. The third kappa shape index (κ3) is 3.44. The van der Waals surface area contributed by atoms with Gasteiger partial charge in [-0.15, -0.1) is 0 Å². The minimum absolute atomic E-state index is 0.528. The maximum atomic E-state index is 5.24. The van der Waals surface area contributed by atoms with Gasteiger partial charge >= 0.3 is 0 Å². The second-order valence-corrected chi connectivity index (χ2v) is 6.50. The highest BCUT2D eigenvalue weighted by Crippen LogP contribution is 2.26. The first-order chi connectivity index (χ1) is 12.3. The molecule has 1 aromatic carbocycles. The van der Waals surface area contributed by atoms with Crippen LogP contribution < -0.4 is 4.74 Å². The smallest absolute Gasteiger partial charge is 0.127 e. The molecule has 0 radical (unpaired) electrons. The quantitative estimate of drug-likeness (QED) is 0.777. The molecule has 1 atom stereocenters. The SMILES string of the molecule is COc1ccc(-n2ccnc2CN2CCCC(c3ccn[nH]3)C2)cc1. The van der Waals surface area contributed by atoms with Crippen LogP contribution >= 0.6 is 0 Å². The minimum atomic E-state index is 0.528. The number of methoxy groups -OCH3 is 1. The summed E-state index contributed by atoms with van der Waals surface area (Å²) < 4.78 is 7.40. The van der Waals surface area contributed by atoms with Gasteiger partial charge in [-0.1, -0.05) is 0 Å². The molecule has 1 unspecified atom stereocenters. The number of H-pyrrole nitrogens is 1. The van der Waals surface area contributed by atoms with Gasteiger partial charge in [0.25, 0.3) is 0 Å². The van der Waals surface area contributed by atoms with Crippen LogP contribution in [-0.2, 0) is 6.54 Å². The Balaban J connectivity index is 1.48. The van der Waals surface area contributed by atoms with Gasteiger partial charge < -0.3 is 9.30 Å². The number of piperidine rings is 1. The molecule has 3 heterocycles. The van der Waals surface area contributed by atoms with Crippen LogP contribution in [0, 0.1) is 0 Å². The fourth-order valence-electron chi connectivity index (χ4n) is 3.58. The van der Waals surface area contributed by atoms with E-state index in [9.17, 15) is 0 Å². The Kier molecular flexibility index (Phi) is 4.52. The maximum absolute atomic E-state index is 5.24. The predicted molar refractivity (Wildman–Crippen MR) is 96.0 cm³/mol. The summed E-state index contributed by atoms with van der Waals surface area (Å²) >= 11 is 0. The molecule has 1 aliphatic rings. The van der Waals surface area contributed by atoms with E-state index in [2.05, 4.69) is 42.8 Å². The van der Waals surface area contributed by atoms with Crippen molar-refractivity contribution in [1.82, 2.24) is 24.6 Å². The fraction of sp³-hybridized carbons (Fsp3) is 0.368. The number of imidazole rings is 1. The van der Waals surface area contributed by atoms with Gasteiger partial charge in [0.15, 0.2) is 0 Å². The van der Waals surface area contributed by atoms with E-state index in [1.54, 1.807) is 7.11 Å². The number of ether oxygens (including phenoxy) is 1. The van der Waals surface area contributed by atoms with Crippen LogP contribution in [0.25, 0.3) is 5.69 Å². The molecule has 0 saturated carbocycles. The zero-order valence-electron chi connectivity index (χ0n) is 14.4. The first-order valence-corrected chi connectivity index (χ1v) is 8.72. The minimum Gasteiger partial charge on any atom is -0.497 e. The fourth-order valence-corrected chi connectivity index (χ4v) is 3.58. The molecule has 3 aromatic rings. The number of nitrogens with zero attached hydrogens (tertiary/aromatic N) is 4. The first-order valence-electron chi connectivity index (χ1n) is 8.72. The number of hydrogen-bond acceptors (Lipinski definition) is 4. The van der Waals surface area contributed by atoms with Crippen LogP contribution in [0.15, 0.2) is 48.9 Å². The second-order valence-electron chi connectivity index (χ2n) is 6.50. The van der Waals surface area contributed by atoms with Crippen molar-refractivity contribution in [1.29, 1.82) is 0 Å². The summed E-state index contributed by atoms with van der Waals surface area (Å²) in [6.45, 7) is 3.00. The number of rotatable bonds is 5. The van der Waals surface area contributed by atoms with E-state index in [-0.39, 0.29) is 0 Å². The molecular formula is C19H23N5O. The van der Waals surface area contributed by atoms with E-state index in [0.29, 0.717) is 5.92 Å². The zero-order chi connectivity index (χ0) is 17.1. The first kappa shape index (κ1) is 15.9. The molecule has 0 bridgehead atoms. The lowest BCUT2D eigenvalue weighted by Gasteiger charge is -2.32. The van der Waals surface area contributed by atoms with Crippen molar-refractivity contribution < 1.29 is 4.74 Å². The van der Waals surface area contributed by atoms with Crippen LogP contribution in [0.4, 0.5) is 0 Å². The summed E-state index contributed by atoms with van der Waals surface area (Å²) in [5, 5.41) is 7.22. The summed E-state index contributed by atoms with van der Waals surface area (Å²) in [5.74, 6) is 2.46. The molecule has 0 aliphatic carbocycles. The molecule has 4 rings (SSSR count). The molecule has 2 aromatic heterocycles. The van der Waals surface area contributed by atoms with Gasteiger partial charge in [-0.25, -0.2) is 4.98 Å². The Morgan fingerprint density at radius 1 is 1.20 bits per heavy atom. The molecule has 0 spiro atoms. The third-order valence-corrected chi connectivity index (χ3v) is 4.90. The Labute approximate surface area is 147 Å². The summed E-state index contributed by atoms with van der Waals surface area (Å²) in [6, 6.07) is 10.2. The van der Waals surface area contributed by atoms with E-state index < -0.39 is 0 Å². The van der Waals surface area contributed by atoms with Gasteiger partial charge in [-0.2, -0.15) is 5.10 Å². The number of likely N-dealkylation sites (tertiary alicyclic amines) is 1. The molecule has 1 saturated heterocycles. The van der Waals surface area contributed by atoms with E-state index in [4.69, 9.17) is 4.74 Å². The maximum Gasteiger partial charge on any atom is 0.127 e. The second kappa shape index (κ2) is 7.11. The van der Waals surface area contributed by atoms with Crippen LogP contribution in [0.2, 0.25) is 0 Å². The zero-order valence-corrected chi connectivity index (χ0v) is 14.4. The number of hydrogen-bond donors (Lipinski definition) is 1. The van der Waals surface area contributed by atoms with Gasteiger partial charge in [0.2, 0.25) is 0 Å². The lowest BCUT2D eigenvalue weighted by Crippen LogP contribution is -2.34. The summed E-state index contributed by atoms with van der Waals surface area (Å²) in [6.07, 6.45) is 8.15. The van der Waals surface area contributed by atoms with Gasteiger partial charge in [-0.3, -0.25) is 10.00 Å². The van der Waals surface area contributed by atoms with Gasteiger partial charge in [-0.05, 0) is 49.7 Å². The van der Waals surface area contributed by atoms with Crippen molar-refractivity contribution in [3.63, 3.8) is 0 Å². The molecule has 1 aliphatic heterocycles. The van der Waals surface area contributed by atoms with E-state index in [0.717, 1.165) is 36.9 Å². The molecule has 25 heavy (non-hydrogen) atoms. The van der Waals surface area contributed by atoms with E-state index in [1.165, 1.54) is 18.5 Å². The molecular weight excluding hydrogens is 314 g/mol. The number of nitrogens with one attached hydrogen (secondary N) is 1. The molecule has 130 valence electrons. The van der Waals surface area contributed by atoms with Crippen LogP contribution in [0.1, 0.15) is 30.3 Å². The Bertz CT molecular complexity index is 794. The number of benzene rings is 1. The van der Waals surface area contributed by atoms with Crippen molar-refractivity contribution in [2.24, 2.45) is 0 Å². The topological polar surface area (TPSA) is 59.0 Å². The molecule has 6 nitrogen and oxygen atoms in total. The molecule has 6 heteroatoms. The third-order valence-electron chi connectivity index (χ3n) is 4.90. The Morgan fingerprint density at radius 2 is 2.08 bits per heavy atom. The monoisotopic (exact) mass is 337 g/mol. The average molecular weight is 337 g/mol. The van der Waals surface area contributed by atoms with Crippen molar-refractivity contribution in [2.45, 2.75) is 25.3 Å². The lowest BCUT2D eigenvalue weighted by molar-refractivity contribution is 0.193. The predicted octanol–water partition coefficient (Wildman–Crippen LogP) is 2.98. The summed E-state index contributed by atoms with van der Waals surface area (Å²) in [5.41, 5.74) is 2.35. The Morgan fingerprint density at radius 3 is 2.84 bits per heavy atom. The van der Waals surface area contributed by atoms with Crippen molar-refractivity contribution >= 4 is 0 Å². The van der Waals surface area contributed by atoms with Crippen LogP contribution in [0.3, 0.4) is 0 Å². The van der Waals surface area contributed by atoms with Crippen molar-refractivity contribution in [2.75, 3.05) is 20.2 Å². The Hall–Kier alpha value is -2.60. The molecule has 1 N–H and O–H groups in total. The van der Waals surface area contributed by atoms with E-state index >= 15 is 0 Å². The summed E-state index contributed by atoms with van der Waals surface area (Å²) in [7, 11) is 1.68.